The summed E-state index contributed by atoms with van der Waals surface area (Å²) in [5, 5.41) is 0. The smallest absolute Gasteiger partial charge is 0.236 e. The molecule has 1 rings (SSSR count). The number of halogens is 1. The molecule has 0 aliphatic carbocycles. The topological polar surface area (TPSA) is 49.6 Å². The van der Waals surface area contributed by atoms with Crippen LogP contribution in [0, 0.1) is 5.82 Å². The Morgan fingerprint density at radius 2 is 2.00 bits per heavy atom. The van der Waals surface area contributed by atoms with Crippen LogP contribution in [0.4, 0.5) is 10.1 Å². The summed E-state index contributed by atoms with van der Waals surface area (Å²) in [4.78, 5) is 14.7. The van der Waals surface area contributed by atoms with Gasteiger partial charge in [-0.3, -0.25) is 9.69 Å². The second kappa shape index (κ2) is 5.63. The van der Waals surface area contributed by atoms with Gasteiger partial charge in [0.2, 0.25) is 5.91 Å². The summed E-state index contributed by atoms with van der Waals surface area (Å²) >= 11 is 0. The minimum atomic E-state index is -0.406. The zero-order valence-electron chi connectivity index (χ0n) is 10.4. The highest BCUT2D eigenvalue weighted by Crippen LogP contribution is 2.15. The van der Waals surface area contributed by atoms with E-state index in [-0.39, 0.29) is 18.1 Å². The molecule has 0 aliphatic rings. The molecule has 0 atom stereocenters. The quantitative estimate of drug-likeness (QED) is 0.795. The zero-order valence-corrected chi connectivity index (χ0v) is 10.4. The van der Waals surface area contributed by atoms with Crippen LogP contribution in [0.3, 0.4) is 0 Å². The van der Waals surface area contributed by atoms with E-state index in [9.17, 15) is 9.18 Å². The first kappa shape index (κ1) is 13.4. The van der Waals surface area contributed by atoms with Crippen LogP contribution in [0.25, 0.3) is 0 Å². The number of amides is 1. The molecular formula is C12H18FN3O. The van der Waals surface area contributed by atoms with E-state index in [1.54, 1.807) is 38.2 Å². The van der Waals surface area contributed by atoms with Crippen molar-refractivity contribution in [1.29, 1.82) is 0 Å². The molecule has 0 heterocycles. The van der Waals surface area contributed by atoms with Crippen LogP contribution in [0.1, 0.15) is 5.56 Å². The minimum absolute atomic E-state index is 0.0168. The van der Waals surface area contributed by atoms with Gasteiger partial charge in [-0.1, -0.05) is 12.1 Å². The van der Waals surface area contributed by atoms with E-state index >= 15 is 0 Å². The molecule has 2 N–H and O–H groups in total. The second-order valence-corrected chi connectivity index (χ2v) is 4.28. The molecule has 0 saturated heterocycles. The lowest BCUT2D eigenvalue weighted by Crippen LogP contribution is -2.34. The van der Waals surface area contributed by atoms with Gasteiger partial charge in [0.25, 0.3) is 0 Å². The van der Waals surface area contributed by atoms with Gasteiger partial charge in [0.15, 0.2) is 5.82 Å². The number of anilines is 1. The lowest BCUT2D eigenvalue weighted by Gasteiger charge is -2.19. The monoisotopic (exact) mass is 239 g/mol. The number of benzene rings is 1. The Hall–Kier alpha value is -1.62. The third kappa shape index (κ3) is 3.71. The number of hydrogen-bond donors (Lipinski definition) is 1. The van der Waals surface area contributed by atoms with Crippen LogP contribution in [-0.4, -0.2) is 43.4 Å². The second-order valence-electron chi connectivity index (χ2n) is 4.28. The van der Waals surface area contributed by atoms with Crippen molar-refractivity contribution >= 4 is 11.6 Å². The molecule has 0 fully saturated rings. The van der Waals surface area contributed by atoms with E-state index in [4.69, 9.17) is 5.73 Å². The van der Waals surface area contributed by atoms with Crippen molar-refractivity contribution in [2.24, 2.45) is 0 Å². The van der Waals surface area contributed by atoms with Gasteiger partial charge in [-0.15, -0.1) is 0 Å². The van der Waals surface area contributed by atoms with Crippen LogP contribution in [0.5, 0.6) is 0 Å². The summed E-state index contributed by atoms with van der Waals surface area (Å²) in [5.74, 6) is -0.423. The van der Waals surface area contributed by atoms with Crippen molar-refractivity contribution in [2.45, 2.75) is 6.54 Å². The Labute approximate surface area is 101 Å². The molecule has 0 radical (unpaired) electrons. The summed E-state index contributed by atoms with van der Waals surface area (Å²) in [5.41, 5.74) is 6.11. The molecular weight excluding hydrogens is 221 g/mol. The van der Waals surface area contributed by atoms with Crippen molar-refractivity contribution in [3.05, 3.63) is 29.6 Å². The first-order valence-electron chi connectivity index (χ1n) is 5.33. The van der Waals surface area contributed by atoms with Crippen LogP contribution < -0.4 is 5.73 Å². The van der Waals surface area contributed by atoms with Gasteiger partial charge in [0.1, 0.15) is 0 Å². The first-order valence-corrected chi connectivity index (χ1v) is 5.33. The Kier molecular flexibility index (Phi) is 4.45. The number of carbonyl (C=O) groups is 1. The highest BCUT2D eigenvalue weighted by Gasteiger charge is 2.11. The van der Waals surface area contributed by atoms with Crippen molar-refractivity contribution in [3.8, 4) is 0 Å². The van der Waals surface area contributed by atoms with Crippen molar-refractivity contribution in [1.82, 2.24) is 9.80 Å². The van der Waals surface area contributed by atoms with E-state index < -0.39 is 5.82 Å². The number of carbonyl (C=O) groups excluding carboxylic acids is 1. The SMILES string of the molecule is CN(CC(=O)N(C)C)Cc1cccc(N)c1F. The maximum atomic E-state index is 13.6. The van der Waals surface area contributed by atoms with Gasteiger partial charge < -0.3 is 10.6 Å². The number of nitrogens with zero attached hydrogens (tertiary/aromatic N) is 2. The number of hydrogen-bond acceptors (Lipinski definition) is 3. The fourth-order valence-corrected chi connectivity index (χ4v) is 1.44. The molecule has 4 nitrogen and oxygen atoms in total. The highest BCUT2D eigenvalue weighted by atomic mass is 19.1. The average molecular weight is 239 g/mol. The molecule has 0 unspecified atom stereocenters. The Morgan fingerprint density at radius 1 is 1.35 bits per heavy atom. The van der Waals surface area contributed by atoms with Gasteiger partial charge in [-0.05, 0) is 13.1 Å². The van der Waals surface area contributed by atoms with Crippen LogP contribution in [-0.2, 0) is 11.3 Å². The summed E-state index contributed by atoms with van der Waals surface area (Å²) < 4.78 is 13.6. The standard InChI is InChI=1S/C12H18FN3O/c1-15(2)11(17)8-16(3)7-9-5-4-6-10(14)12(9)13/h4-6H,7-8,14H2,1-3H3. The number of nitrogens with two attached hydrogens (primary N) is 1. The molecule has 1 amide bonds. The zero-order chi connectivity index (χ0) is 13.0. The molecule has 0 saturated carbocycles. The molecule has 0 spiro atoms. The summed E-state index contributed by atoms with van der Waals surface area (Å²) in [7, 11) is 5.15. The molecule has 0 bridgehead atoms. The molecule has 0 aliphatic heterocycles. The lowest BCUT2D eigenvalue weighted by molar-refractivity contribution is -0.129. The fourth-order valence-electron chi connectivity index (χ4n) is 1.44. The number of rotatable bonds is 4. The summed E-state index contributed by atoms with van der Waals surface area (Å²) in [6, 6.07) is 4.89. The largest absolute Gasteiger partial charge is 0.396 e. The summed E-state index contributed by atoms with van der Waals surface area (Å²) in [6.45, 7) is 0.609. The van der Waals surface area contributed by atoms with E-state index in [2.05, 4.69) is 0 Å². The Balaban J connectivity index is 2.65. The van der Waals surface area contributed by atoms with Gasteiger partial charge >= 0.3 is 0 Å². The molecule has 1 aromatic carbocycles. The van der Waals surface area contributed by atoms with Crippen molar-refractivity contribution in [3.63, 3.8) is 0 Å². The molecule has 94 valence electrons. The van der Waals surface area contributed by atoms with Crippen LogP contribution >= 0.6 is 0 Å². The molecule has 5 heteroatoms. The highest BCUT2D eigenvalue weighted by molar-refractivity contribution is 5.77. The van der Waals surface area contributed by atoms with Crippen LogP contribution in [0.15, 0.2) is 18.2 Å². The number of nitrogen functional groups attached to an aromatic ring is 1. The molecule has 0 aromatic heterocycles. The van der Waals surface area contributed by atoms with Crippen molar-refractivity contribution in [2.75, 3.05) is 33.4 Å². The Bertz CT molecular complexity index is 407. The fraction of sp³-hybridized carbons (Fsp3) is 0.417. The van der Waals surface area contributed by atoms with Gasteiger partial charge in [-0.2, -0.15) is 0 Å². The van der Waals surface area contributed by atoms with Gasteiger partial charge in [0.05, 0.1) is 12.2 Å². The third-order valence-corrected chi connectivity index (χ3v) is 2.45. The van der Waals surface area contributed by atoms with Gasteiger partial charge in [-0.25, -0.2) is 4.39 Å². The third-order valence-electron chi connectivity index (χ3n) is 2.45. The minimum Gasteiger partial charge on any atom is -0.396 e. The maximum Gasteiger partial charge on any atom is 0.236 e. The van der Waals surface area contributed by atoms with E-state index in [0.29, 0.717) is 12.1 Å². The average Bonchev–Trinajstić information content (AvgIpc) is 2.24. The lowest BCUT2D eigenvalue weighted by atomic mass is 10.2. The first-order chi connectivity index (χ1) is 7.91. The predicted octanol–water partition coefficient (Wildman–Crippen LogP) is 0.928. The van der Waals surface area contributed by atoms with Crippen LogP contribution in [0.2, 0.25) is 0 Å². The van der Waals surface area contributed by atoms with Crippen molar-refractivity contribution < 1.29 is 9.18 Å². The predicted molar refractivity (Wildman–Crippen MR) is 65.8 cm³/mol. The maximum absolute atomic E-state index is 13.6. The Morgan fingerprint density at radius 3 is 2.59 bits per heavy atom. The van der Waals surface area contributed by atoms with E-state index in [1.165, 1.54) is 11.0 Å². The van der Waals surface area contributed by atoms with E-state index in [0.717, 1.165) is 0 Å². The number of likely N-dealkylation sites (N-methyl/N-ethyl adjacent to an activating group) is 2. The molecule has 17 heavy (non-hydrogen) atoms. The van der Waals surface area contributed by atoms with Gasteiger partial charge in [0, 0.05) is 26.2 Å². The summed E-state index contributed by atoms with van der Waals surface area (Å²) in [6.07, 6.45) is 0. The normalized spacial score (nSPS) is 10.6. The van der Waals surface area contributed by atoms with E-state index in [1.807, 2.05) is 0 Å². The molecule has 1 aromatic rings.